The number of allylic oxidation sites excluding steroid dienone is 1. The number of pyridine rings is 1. The number of carbonyl (C=O) groups excluding carboxylic acids is 1. The second kappa shape index (κ2) is 6.28. The second-order valence-corrected chi connectivity index (χ2v) is 11.6. The standard InChI is InChI=1S/C27H35NO2/c1-25-12-10-19(29)15-18(25)6-7-20-21-8-9-23(26(21,2)13-11-22(20)25)27(3)24(30-27)17-5-4-14-28-16-17/h4-5,14-16,20-24H,6-13H2,1-3H3/t20-,21-,22-,23-,24+,25-,26-,27+/m0/s1. The van der Waals surface area contributed by atoms with E-state index >= 15 is 0 Å². The van der Waals surface area contributed by atoms with Gasteiger partial charge in [-0.2, -0.15) is 0 Å². The van der Waals surface area contributed by atoms with Crippen LogP contribution < -0.4 is 0 Å². The van der Waals surface area contributed by atoms with Gasteiger partial charge in [0.25, 0.3) is 0 Å². The van der Waals surface area contributed by atoms with E-state index in [0.717, 1.165) is 37.0 Å². The summed E-state index contributed by atoms with van der Waals surface area (Å²) in [5.74, 6) is 3.40. The monoisotopic (exact) mass is 405 g/mol. The molecule has 0 aromatic carbocycles. The van der Waals surface area contributed by atoms with E-state index < -0.39 is 0 Å². The zero-order valence-electron chi connectivity index (χ0n) is 18.7. The lowest BCUT2D eigenvalue weighted by atomic mass is 9.46. The first-order chi connectivity index (χ1) is 14.4. The molecule has 30 heavy (non-hydrogen) atoms. The Hall–Kier alpha value is -1.48. The number of ketones is 1. The molecular formula is C27H35NO2. The summed E-state index contributed by atoms with van der Waals surface area (Å²) in [5, 5.41) is 0. The molecule has 3 heteroatoms. The number of nitrogens with zero attached hydrogens (tertiary/aromatic N) is 1. The van der Waals surface area contributed by atoms with Crippen molar-refractivity contribution in [2.75, 3.05) is 0 Å². The molecule has 2 heterocycles. The number of hydrogen-bond donors (Lipinski definition) is 0. The average Bonchev–Trinajstić information content (AvgIpc) is 3.29. The van der Waals surface area contributed by atoms with Crippen molar-refractivity contribution in [1.29, 1.82) is 0 Å². The van der Waals surface area contributed by atoms with Crippen molar-refractivity contribution in [3.05, 3.63) is 41.7 Å². The molecule has 1 saturated heterocycles. The van der Waals surface area contributed by atoms with Gasteiger partial charge in [-0.15, -0.1) is 0 Å². The van der Waals surface area contributed by atoms with Crippen LogP contribution in [0.3, 0.4) is 0 Å². The number of epoxide rings is 1. The van der Waals surface area contributed by atoms with Crippen LogP contribution in [0.5, 0.6) is 0 Å². The van der Waals surface area contributed by atoms with Crippen molar-refractivity contribution in [2.24, 2.45) is 34.5 Å². The van der Waals surface area contributed by atoms with Gasteiger partial charge in [-0.1, -0.05) is 25.5 Å². The lowest BCUT2D eigenvalue weighted by Gasteiger charge is -2.58. The summed E-state index contributed by atoms with van der Waals surface area (Å²) in [7, 11) is 0. The molecule has 0 amide bonds. The van der Waals surface area contributed by atoms with Crippen LogP contribution in [0.4, 0.5) is 0 Å². The number of rotatable bonds is 2. The van der Waals surface area contributed by atoms with Gasteiger partial charge in [-0.3, -0.25) is 9.78 Å². The quantitative estimate of drug-likeness (QED) is 0.562. The summed E-state index contributed by atoms with van der Waals surface area (Å²) < 4.78 is 6.46. The van der Waals surface area contributed by atoms with Gasteiger partial charge < -0.3 is 4.74 Å². The van der Waals surface area contributed by atoms with Crippen LogP contribution in [0.1, 0.15) is 83.8 Å². The molecule has 3 nitrogen and oxygen atoms in total. The van der Waals surface area contributed by atoms with Crippen LogP contribution in [0.2, 0.25) is 0 Å². The predicted octanol–water partition coefficient (Wildman–Crippen LogP) is 6.06. The molecule has 1 aliphatic heterocycles. The SMILES string of the molecule is C[C@]12CC[C@H]3[C@@H](CCC4=CC(=O)CC[C@@]43C)[C@@H]1CC[C@@H]2[C@@]1(C)O[C@@H]1c1cccnc1. The summed E-state index contributed by atoms with van der Waals surface area (Å²) in [4.78, 5) is 16.4. The van der Waals surface area contributed by atoms with Crippen molar-refractivity contribution >= 4 is 5.78 Å². The molecule has 0 spiro atoms. The van der Waals surface area contributed by atoms with E-state index in [4.69, 9.17) is 4.74 Å². The molecule has 160 valence electrons. The molecule has 3 saturated carbocycles. The normalized spacial score (nSPS) is 49.6. The van der Waals surface area contributed by atoms with Crippen molar-refractivity contribution in [3.63, 3.8) is 0 Å². The van der Waals surface area contributed by atoms with Gasteiger partial charge in [-0.05, 0) is 98.5 Å². The Kier molecular flexibility index (Phi) is 4.02. The Morgan fingerprint density at radius 2 is 1.90 bits per heavy atom. The van der Waals surface area contributed by atoms with Crippen LogP contribution in [0, 0.1) is 34.5 Å². The Labute approximate surface area is 180 Å². The molecule has 0 radical (unpaired) electrons. The number of ether oxygens (including phenoxy) is 1. The molecule has 5 aliphatic rings. The van der Waals surface area contributed by atoms with Crippen LogP contribution in [0.25, 0.3) is 0 Å². The maximum Gasteiger partial charge on any atom is 0.155 e. The fourth-order valence-corrected chi connectivity index (χ4v) is 8.92. The third kappa shape index (κ3) is 2.48. The maximum absolute atomic E-state index is 12.1. The van der Waals surface area contributed by atoms with Gasteiger partial charge in [-0.25, -0.2) is 0 Å². The topological polar surface area (TPSA) is 42.5 Å². The van der Waals surface area contributed by atoms with Gasteiger partial charge in [0.2, 0.25) is 0 Å². The van der Waals surface area contributed by atoms with E-state index in [2.05, 4.69) is 31.8 Å². The Bertz CT molecular complexity index is 909. The molecule has 1 aromatic heterocycles. The molecule has 0 N–H and O–H groups in total. The lowest BCUT2D eigenvalue weighted by molar-refractivity contribution is -0.117. The number of fused-ring (bicyclic) bond motifs is 5. The van der Waals surface area contributed by atoms with Crippen molar-refractivity contribution in [3.8, 4) is 0 Å². The zero-order chi connectivity index (χ0) is 20.7. The first-order valence-corrected chi connectivity index (χ1v) is 12.2. The highest BCUT2D eigenvalue weighted by Crippen LogP contribution is 2.71. The molecule has 4 aliphatic carbocycles. The fraction of sp³-hybridized carbons (Fsp3) is 0.704. The molecule has 8 atom stereocenters. The summed E-state index contributed by atoms with van der Waals surface area (Å²) in [6.45, 7) is 7.45. The van der Waals surface area contributed by atoms with E-state index in [1.165, 1.54) is 43.2 Å². The van der Waals surface area contributed by atoms with Crippen LogP contribution >= 0.6 is 0 Å². The Balaban J connectivity index is 1.28. The highest BCUT2D eigenvalue weighted by molar-refractivity contribution is 5.91. The largest absolute Gasteiger partial charge is 0.361 e. The van der Waals surface area contributed by atoms with Crippen molar-refractivity contribution < 1.29 is 9.53 Å². The minimum atomic E-state index is -0.0275. The maximum atomic E-state index is 12.1. The predicted molar refractivity (Wildman–Crippen MR) is 117 cm³/mol. The van der Waals surface area contributed by atoms with E-state index in [0.29, 0.717) is 17.1 Å². The number of carbonyl (C=O) groups is 1. The average molecular weight is 406 g/mol. The third-order valence-electron chi connectivity index (χ3n) is 10.5. The van der Waals surface area contributed by atoms with Crippen LogP contribution in [0.15, 0.2) is 36.2 Å². The van der Waals surface area contributed by atoms with E-state index in [9.17, 15) is 4.79 Å². The van der Waals surface area contributed by atoms with E-state index in [1.54, 1.807) is 0 Å². The van der Waals surface area contributed by atoms with Crippen LogP contribution in [-0.4, -0.2) is 16.4 Å². The first-order valence-electron chi connectivity index (χ1n) is 12.2. The Morgan fingerprint density at radius 3 is 2.70 bits per heavy atom. The van der Waals surface area contributed by atoms with E-state index in [1.807, 2.05) is 24.5 Å². The van der Waals surface area contributed by atoms with Crippen LogP contribution in [-0.2, 0) is 9.53 Å². The molecule has 0 unspecified atom stereocenters. The van der Waals surface area contributed by atoms with Gasteiger partial charge in [0.15, 0.2) is 5.78 Å². The smallest absolute Gasteiger partial charge is 0.155 e. The van der Waals surface area contributed by atoms with Gasteiger partial charge in [0.05, 0.1) is 0 Å². The van der Waals surface area contributed by atoms with Crippen molar-refractivity contribution in [1.82, 2.24) is 4.98 Å². The molecule has 0 bridgehead atoms. The van der Waals surface area contributed by atoms with Crippen molar-refractivity contribution in [2.45, 2.75) is 83.8 Å². The lowest BCUT2D eigenvalue weighted by Crippen LogP contribution is -2.51. The molecule has 4 fully saturated rings. The number of hydrogen-bond acceptors (Lipinski definition) is 3. The zero-order valence-corrected chi connectivity index (χ0v) is 18.7. The van der Waals surface area contributed by atoms with E-state index in [-0.39, 0.29) is 17.1 Å². The Morgan fingerprint density at radius 1 is 1.03 bits per heavy atom. The summed E-state index contributed by atoms with van der Waals surface area (Å²) in [5.41, 5.74) is 3.35. The minimum Gasteiger partial charge on any atom is -0.361 e. The third-order valence-corrected chi connectivity index (χ3v) is 10.5. The number of aromatic nitrogens is 1. The first kappa shape index (κ1) is 19.2. The molecule has 1 aromatic rings. The second-order valence-electron chi connectivity index (χ2n) is 11.6. The fourth-order valence-electron chi connectivity index (χ4n) is 8.92. The highest BCUT2D eigenvalue weighted by atomic mass is 16.6. The van der Waals surface area contributed by atoms with Gasteiger partial charge in [0, 0.05) is 24.4 Å². The summed E-state index contributed by atoms with van der Waals surface area (Å²) in [6.07, 6.45) is 15.7. The minimum absolute atomic E-state index is 0.0275. The molecule has 6 rings (SSSR count). The highest BCUT2D eigenvalue weighted by Gasteiger charge is 2.68. The summed E-state index contributed by atoms with van der Waals surface area (Å²) in [6, 6.07) is 4.21. The van der Waals surface area contributed by atoms with Gasteiger partial charge >= 0.3 is 0 Å². The summed E-state index contributed by atoms with van der Waals surface area (Å²) >= 11 is 0. The van der Waals surface area contributed by atoms with Gasteiger partial charge in [0.1, 0.15) is 11.7 Å². The molecular weight excluding hydrogens is 370 g/mol.